The Morgan fingerprint density at radius 3 is 2.46 bits per heavy atom. The summed E-state index contributed by atoms with van der Waals surface area (Å²) in [5, 5.41) is 0. The van der Waals surface area contributed by atoms with Crippen LogP contribution in [-0.4, -0.2) is 51.2 Å². The van der Waals surface area contributed by atoms with Crippen LogP contribution in [0.2, 0.25) is 0 Å². The first-order valence-electron chi connectivity index (χ1n) is 11.6. The third-order valence-corrected chi connectivity index (χ3v) is 5.65. The van der Waals surface area contributed by atoms with Gasteiger partial charge in [-0.1, -0.05) is 6.07 Å². The maximum absolute atomic E-state index is 14.8. The largest absolute Gasteiger partial charge is 0.474 e. The third-order valence-electron chi connectivity index (χ3n) is 5.65. The predicted molar refractivity (Wildman–Crippen MR) is 128 cm³/mol. The van der Waals surface area contributed by atoms with Gasteiger partial charge in [-0.2, -0.15) is 0 Å². The number of carbonyl (C=O) groups excluding carboxylic acids is 1. The van der Waals surface area contributed by atoms with Crippen LogP contribution in [0, 0.1) is 19.7 Å². The van der Waals surface area contributed by atoms with E-state index < -0.39 is 5.82 Å². The monoisotopic (exact) mass is 480 g/mol. The Hall–Kier alpha value is -3.75. The first-order valence-corrected chi connectivity index (χ1v) is 11.6. The van der Waals surface area contributed by atoms with Gasteiger partial charge < -0.3 is 19.1 Å². The standard InChI is InChI=1S/C26H29FN4O4/c1-16(2)33-26(32)31-11-9-20(10-12-31)34-24-18(4)25(30-15-29-24)35-23-8-6-19(13-21(23)27)22-7-5-17(3)14-28-22/h5-8,13-16,20H,9-12H2,1-4H3. The molecule has 0 atom stereocenters. The molecule has 0 unspecified atom stereocenters. The van der Waals surface area contributed by atoms with Crippen molar-refractivity contribution in [2.45, 2.75) is 52.7 Å². The number of aromatic nitrogens is 3. The summed E-state index contributed by atoms with van der Waals surface area (Å²) in [6.07, 6.45) is 3.79. The molecule has 0 saturated carbocycles. The highest BCUT2D eigenvalue weighted by Crippen LogP contribution is 2.32. The van der Waals surface area contributed by atoms with E-state index >= 15 is 0 Å². The molecule has 1 amide bonds. The van der Waals surface area contributed by atoms with E-state index in [1.807, 2.05) is 32.9 Å². The van der Waals surface area contributed by atoms with E-state index in [-0.39, 0.29) is 29.9 Å². The predicted octanol–water partition coefficient (Wildman–Crippen LogP) is 5.48. The highest BCUT2D eigenvalue weighted by molar-refractivity contribution is 5.67. The minimum Gasteiger partial charge on any atom is -0.474 e. The topological polar surface area (TPSA) is 86.7 Å². The van der Waals surface area contributed by atoms with Gasteiger partial charge in [0.05, 0.1) is 17.4 Å². The second-order valence-electron chi connectivity index (χ2n) is 8.81. The number of hydrogen-bond acceptors (Lipinski definition) is 7. The van der Waals surface area contributed by atoms with Gasteiger partial charge in [-0.15, -0.1) is 0 Å². The number of hydrogen-bond donors (Lipinski definition) is 0. The lowest BCUT2D eigenvalue weighted by Crippen LogP contribution is -2.42. The van der Waals surface area contributed by atoms with Crippen molar-refractivity contribution in [2.75, 3.05) is 13.1 Å². The van der Waals surface area contributed by atoms with E-state index in [0.717, 1.165) is 5.56 Å². The van der Waals surface area contributed by atoms with Crippen molar-refractivity contribution in [3.63, 3.8) is 0 Å². The Morgan fingerprint density at radius 1 is 1.06 bits per heavy atom. The second kappa shape index (κ2) is 10.7. The summed E-state index contributed by atoms with van der Waals surface area (Å²) in [5.41, 5.74) is 2.93. The first kappa shape index (κ1) is 24.4. The normalized spacial score (nSPS) is 14.2. The van der Waals surface area contributed by atoms with Crippen molar-refractivity contribution in [1.82, 2.24) is 19.9 Å². The van der Waals surface area contributed by atoms with Crippen LogP contribution in [0.15, 0.2) is 42.9 Å². The molecule has 1 aromatic carbocycles. The smallest absolute Gasteiger partial charge is 0.410 e. The zero-order valence-corrected chi connectivity index (χ0v) is 20.3. The van der Waals surface area contributed by atoms with Gasteiger partial charge in [-0.3, -0.25) is 4.98 Å². The molecule has 184 valence electrons. The van der Waals surface area contributed by atoms with Gasteiger partial charge >= 0.3 is 6.09 Å². The Balaban J connectivity index is 1.41. The summed E-state index contributed by atoms with van der Waals surface area (Å²) in [6.45, 7) is 8.44. The fraction of sp³-hybridized carbons (Fsp3) is 0.385. The highest BCUT2D eigenvalue weighted by atomic mass is 19.1. The fourth-order valence-corrected chi connectivity index (χ4v) is 3.72. The number of amides is 1. The molecule has 1 aliphatic rings. The summed E-state index contributed by atoms with van der Waals surface area (Å²) in [7, 11) is 0. The molecule has 0 aliphatic carbocycles. The van der Waals surface area contributed by atoms with Gasteiger partial charge in [0.25, 0.3) is 0 Å². The molecule has 35 heavy (non-hydrogen) atoms. The van der Waals surface area contributed by atoms with Crippen molar-refractivity contribution >= 4 is 6.09 Å². The van der Waals surface area contributed by atoms with Gasteiger partial charge in [0, 0.05) is 37.7 Å². The summed E-state index contributed by atoms with van der Waals surface area (Å²) >= 11 is 0. The average molecular weight is 481 g/mol. The van der Waals surface area contributed by atoms with Crippen molar-refractivity contribution in [1.29, 1.82) is 0 Å². The number of piperidine rings is 1. The van der Waals surface area contributed by atoms with Crippen molar-refractivity contribution in [3.8, 4) is 28.8 Å². The van der Waals surface area contributed by atoms with E-state index in [1.54, 1.807) is 30.2 Å². The van der Waals surface area contributed by atoms with E-state index in [4.69, 9.17) is 14.2 Å². The van der Waals surface area contributed by atoms with Gasteiger partial charge in [-0.25, -0.2) is 19.2 Å². The Morgan fingerprint density at radius 2 is 1.80 bits per heavy atom. The molecule has 3 heterocycles. The molecule has 0 spiro atoms. The number of pyridine rings is 1. The molecule has 3 aromatic rings. The molecule has 1 fully saturated rings. The van der Waals surface area contributed by atoms with Crippen LogP contribution < -0.4 is 9.47 Å². The average Bonchev–Trinajstić information content (AvgIpc) is 2.83. The summed E-state index contributed by atoms with van der Waals surface area (Å²) in [6, 6.07) is 8.47. The lowest BCUT2D eigenvalue weighted by molar-refractivity contribution is 0.0505. The van der Waals surface area contributed by atoms with Gasteiger partial charge in [0.2, 0.25) is 11.8 Å². The molecule has 1 saturated heterocycles. The maximum atomic E-state index is 14.8. The molecule has 1 aliphatic heterocycles. The summed E-state index contributed by atoms with van der Waals surface area (Å²) < 4.78 is 31.9. The summed E-state index contributed by atoms with van der Waals surface area (Å²) in [5.74, 6) is 0.115. The van der Waals surface area contributed by atoms with Crippen molar-refractivity contribution in [2.24, 2.45) is 0 Å². The maximum Gasteiger partial charge on any atom is 0.410 e. The number of aryl methyl sites for hydroxylation is 1. The van der Waals surface area contributed by atoms with Crippen LogP contribution in [0.5, 0.6) is 17.5 Å². The Labute approximate surface area is 204 Å². The van der Waals surface area contributed by atoms with Crippen molar-refractivity contribution < 1.29 is 23.4 Å². The lowest BCUT2D eigenvalue weighted by atomic mass is 10.1. The number of rotatable bonds is 6. The van der Waals surface area contributed by atoms with Gasteiger partial charge in [0.15, 0.2) is 11.6 Å². The number of ether oxygens (including phenoxy) is 3. The van der Waals surface area contributed by atoms with Gasteiger partial charge in [0.1, 0.15) is 12.4 Å². The number of nitrogens with zero attached hydrogens (tertiary/aromatic N) is 4. The molecule has 0 radical (unpaired) electrons. The van der Waals surface area contributed by atoms with E-state index in [1.165, 1.54) is 12.4 Å². The van der Waals surface area contributed by atoms with Crippen LogP contribution >= 0.6 is 0 Å². The van der Waals surface area contributed by atoms with Crippen LogP contribution in [0.3, 0.4) is 0 Å². The van der Waals surface area contributed by atoms with Crippen LogP contribution in [0.1, 0.15) is 37.8 Å². The third kappa shape index (κ3) is 6.03. The fourth-order valence-electron chi connectivity index (χ4n) is 3.72. The molecule has 4 rings (SSSR count). The molecule has 8 nitrogen and oxygen atoms in total. The quantitative estimate of drug-likeness (QED) is 0.462. The molecule has 0 N–H and O–H groups in total. The van der Waals surface area contributed by atoms with Crippen LogP contribution in [0.25, 0.3) is 11.3 Å². The molecule has 2 aromatic heterocycles. The zero-order chi connectivity index (χ0) is 24.9. The van der Waals surface area contributed by atoms with E-state index in [9.17, 15) is 9.18 Å². The molecular formula is C26H29FN4O4. The zero-order valence-electron chi connectivity index (χ0n) is 20.3. The number of halogens is 1. The number of benzene rings is 1. The number of carbonyl (C=O) groups is 1. The van der Waals surface area contributed by atoms with Crippen LogP contribution in [-0.2, 0) is 4.74 Å². The number of likely N-dealkylation sites (tertiary alicyclic amines) is 1. The second-order valence-corrected chi connectivity index (χ2v) is 8.81. The van der Waals surface area contributed by atoms with Gasteiger partial charge in [-0.05, 0) is 57.5 Å². The Kier molecular flexibility index (Phi) is 7.43. The molecule has 0 bridgehead atoms. The molecular weight excluding hydrogens is 451 g/mol. The molecule has 9 heteroatoms. The highest BCUT2D eigenvalue weighted by Gasteiger charge is 2.26. The SMILES string of the molecule is Cc1ccc(-c2ccc(Oc3ncnc(OC4CCN(C(=O)OC(C)C)CC4)c3C)c(F)c2)nc1. The van der Waals surface area contributed by atoms with E-state index in [2.05, 4.69) is 15.0 Å². The Bertz CT molecular complexity index is 1180. The van der Waals surface area contributed by atoms with E-state index in [0.29, 0.717) is 48.6 Å². The summed E-state index contributed by atoms with van der Waals surface area (Å²) in [4.78, 5) is 26.5. The minimum atomic E-state index is -0.522. The lowest BCUT2D eigenvalue weighted by Gasteiger charge is -2.31. The first-order chi connectivity index (χ1) is 16.8. The van der Waals surface area contributed by atoms with Crippen LogP contribution in [0.4, 0.5) is 9.18 Å². The van der Waals surface area contributed by atoms with Crippen molar-refractivity contribution in [3.05, 3.63) is 59.8 Å². The minimum absolute atomic E-state index is 0.0468.